The van der Waals surface area contributed by atoms with E-state index in [0.717, 1.165) is 11.8 Å². The monoisotopic (exact) mass is 454 g/mol. The Morgan fingerprint density at radius 3 is 2.40 bits per heavy atom. The van der Waals surface area contributed by atoms with Crippen LogP contribution < -0.4 is 19.1 Å². The van der Waals surface area contributed by atoms with Crippen LogP contribution in [0.2, 0.25) is 5.02 Å². The summed E-state index contributed by atoms with van der Waals surface area (Å²) < 4.78 is 36.2. The highest BCUT2D eigenvalue weighted by Gasteiger charge is 2.17. The van der Waals surface area contributed by atoms with Gasteiger partial charge in [-0.2, -0.15) is 0 Å². The first-order valence-corrected chi connectivity index (χ1v) is 11.7. The number of anilines is 1. The lowest BCUT2D eigenvalue weighted by atomic mass is 10.2. The van der Waals surface area contributed by atoms with E-state index in [2.05, 4.69) is 5.32 Å². The van der Waals surface area contributed by atoms with Gasteiger partial charge in [-0.25, -0.2) is 8.42 Å². The average molecular weight is 455 g/mol. The van der Waals surface area contributed by atoms with E-state index in [9.17, 15) is 13.2 Å². The van der Waals surface area contributed by atoms with Gasteiger partial charge in [-0.3, -0.25) is 9.10 Å². The van der Waals surface area contributed by atoms with Gasteiger partial charge < -0.3 is 14.8 Å². The van der Waals surface area contributed by atoms with Crippen LogP contribution in [-0.4, -0.2) is 47.4 Å². The molecule has 30 heavy (non-hydrogen) atoms. The number of nitrogens with one attached hydrogen (secondary N) is 1. The molecule has 1 amide bonds. The fourth-order valence-electron chi connectivity index (χ4n) is 2.73. The molecular weight excluding hydrogens is 428 g/mol. The Hall–Kier alpha value is -2.45. The minimum Gasteiger partial charge on any atom is -0.497 e. The van der Waals surface area contributed by atoms with Crippen molar-refractivity contribution < 1.29 is 22.7 Å². The standard InChI is InChI=1S/C21H27ClN2O5S/c1-16-6-9-19(15-20(16)22)29-14-12-23-21(25)5-4-13-24(30(3,26)27)17-7-10-18(28-2)11-8-17/h6-11,15H,4-5,12-14H2,1-3H3,(H,23,25). The fraction of sp³-hybridized carbons (Fsp3) is 0.381. The summed E-state index contributed by atoms with van der Waals surface area (Å²) in [6, 6.07) is 12.2. The number of rotatable bonds is 11. The Labute approximate surface area is 183 Å². The molecule has 0 spiro atoms. The van der Waals surface area contributed by atoms with Gasteiger partial charge >= 0.3 is 0 Å². The number of sulfonamides is 1. The molecule has 2 rings (SSSR count). The van der Waals surface area contributed by atoms with Gasteiger partial charge in [-0.05, 0) is 55.3 Å². The molecule has 0 aliphatic heterocycles. The third-order valence-corrected chi connectivity index (χ3v) is 5.96. The number of hydrogen-bond donors (Lipinski definition) is 1. The van der Waals surface area contributed by atoms with E-state index in [4.69, 9.17) is 21.1 Å². The van der Waals surface area contributed by atoms with Gasteiger partial charge in [0.1, 0.15) is 18.1 Å². The number of nitrogens with zero attached hydrogens (tertiary/aromatic N) is 1. The second kappa shape index (κ2) is 11.1. The first-order chi connectivity index (χ1) is 14.2. The Morgan fingerprint density at radius 2 is 1.80 bits per heavy atom. The van der Waals surface area contributed by atoms with E-state index in [-0.39, 0.29) is 18.9 Å². The predicted molar refractivity (Wildman–Crippen MR) is 119 cm³/mol. The van der Waals surface area contributed by atoms with Crippen LogP contribution in [0.3, 0.4) is 0 Å². The number of carbonyl (C=O) groups is 1. The summed E-state index contributed by atoms with van der Waals surface area (Å²) in [5.74, 6) is 1.12. The maximum atomic E-state index is 12.1. The van der Waals surface area contributed by atoms with E-state index < -0.39 is 10.0 Å². The maximum Gasteiger partial charge on any atom is 0.232 e. The summed E-state index contributed by atoms with van der Waals surface area (Å²) in [7, 11) is -1.92. The van der Waals surface area contributed by atoms with Crippen molar-refractivity contribution in [3.05, 3.63) is 53.1 Å². The van der Waals surface area contributed by atoms with E-state index in [1.807, 2.05) is 19.1 Å². The van der Waals surface area contributed by atoms with E-state index in [1.165, 1.54) is 4.31 Å². The molecule has 0 unspecified atom stereocenters. The van der Waals surface area contributed by atoms with Crippen LogP contribution >= 0.6 is 11.6 Å². The molecule has 9 heteroatoms. The van der Waals surface area contributed by atoms with Crippen LogP contribution in [-0.2, 0) is 14.8 Å². The average Bonchev–Trinajstić information content (AvgIpc) is 2.70. The second-order valence-corrected chi connectivity index (χ2v) is 9.06. The lowest BCUT2D eigenvalue weighted by Gasteiger charge is -2.22. The largest absolute Gasteiger partial charge is 0.497 e. The van der Waals surface area contributed by atoms with Crippen molar-refractivity contribution in [3.63, 3.8) is 0 Å². The number of halogens is 1. The van der Waals surface area contributed by atoms with Crippen LogP contribution in [0.1, 0.15) is 18.4 Å². The molecule has 0 aliphatic rings. The van der Waals surface area contributed by atoms with Crippen molar-refractivity contribution in [1.29, 1.82) is 0 Å². The summed E-state index contributed by atoms with van der Waals surface area (Å²) in [5.41, 5.74) is 1.50. The van der Waals surface area contributed by atoms with Gasteiger partial charge in [0.25, 0.3) is 0 Å². The number of hydrogen-bond acceptors (Lipinski definition) is 5. The van der Waals surface area contributed by atoms with Crippen molar-refractivity contribution in [3.8, 4) is 11.5 Å². The number of methoxy groups -OCH3 is 1. The molecule has 0 atom stereocenters. The van der Waals surface area contributed by atoms with Gasteiger partial charge in [0, 0.05) is 18.0 Å². The molecule has 2 aromatic carbocycles. The first-order valence-electron chi connectivity index (χ1n) is 9.48. The number of aryl methyl sites for hydroxylation is 1. The zero-order valence-electron chi connectivity index (χ0n) is 17.4. The van der Waals surface area contributed by atoms with E-state index in [1.54, 1.807) is 37.4 Å². The number of ether oxygens (including phenoxy) is 2. The Morgan fingerprint density at radius 1 is 1.13 bits per heavy atom. The molecule has 0 bridgehead atoms. The van der Waals surface area contributed by atoms with Crippen molar-refractivity contribution in [2.75, 3.05) is 37.4 Å². The normalized spacial score (nSPS) is 11.1. The minimum atomic E-state index is -3.46. The highest BCUT2D eigenvalue weighted by atomic mass is 35.5. The SMILES string of the molecule is COc1ccc(N(CCCC(=O)NCCOc2ccc(C)c(Cl)c2)S(C)(=O)=O)cc1. The van der Waals surface area contributed by atoms with Crippen LogP contribution in [0.15, 0.2) is 42.5 Å². The van der Waals surface area contributed by atoms with Crippen molar-refractivity contribution in [2.24, 2.45) is 0 Å². The summed E-state index contributed by atoms with van der Waals surface area (Å²) in [5, 5.41) is 3.39. The Kier molecular flexibility index (Phi) is 8.80. The number of amides is 1. The lowest BCUT2D eigenvalue weighted by Crippen LogP contribution is -2.32. The molecule has 0 fully saturated rings. The zero-order valence-corrected chi connectivity index (χ0v) is 18.9. The molecular formula is C21H27ClN2O5S. The van der Waals surface area contributed by atoms with Gasteiger partial charge in [-0.15, -0.1) is 0 Å². The van der Waals surface area contributed by atoms with E-state index in [0.29, 0.717) is 41.8 Å². The van der Waals surface area contributed by atoms with E-state index >= 15 is 0 Å². The van der Waals surface area contributed by atoms with Crippen LogP contribution in [0.5, 0.6) is 11.5 Å². The molecule has 0 saturated heterocycles. The summed E-state index contributed by atoms with van der Waals surface area (Å²) >= 11 is 6.05. The molecule has 2 aromatic rings. The van der Waals surface area contributed by atoms with Crippen molar-refractivity contribution >= 4 is 33.2 Å². The molecule has 0 saturated carbocycles. The fourth-order valence-corrected chi connectivity index (χ4v) is 3.87. The molecule has 164 valence electrons. The maximum absolute atomic E-state index is 12.1. The summed E-state index contributed by atoms with van der Waals surface area (Å²) in [6.45, 7) is 2.77. The van der Waals surface area contributed by atoms with Crippen LogP contribution in [0.4, 0.5) is 5.69 Å². The zero-order chi connectivity index (χ0) is 22.1. The topological polar surface area (TPSA) is 84.9 Å². The number of carbonyl (C=O) groups excluding carboxylic acids is 1. The minimum absolute atomic E-state index is 0.163. The van der Waals surface area contributed by atoms with Gasteiger partial charge in [0.15, 0.2) is 0 Å². The second-order valence-electron chi connectivity index (χ2n) is 6.75. The van der Waals surface area contributed by atoms with Gasteiger partial charge in [-0.1, -0.05) is 17.7 Å². The van der Waals surface area contributed by atoms with Gasteiger partial charge in [0.05, 0.1) is 25.6 Å². The smallest absolute Gasteiger partial charge is 0.232 e. The van der Waals surface area contributed by atoms with Gasteiger partial charge in [0.2, 0.25) is 15.9 Å². The van der Waals surface area contributed by atoms with Crippen molar-refractivity contribution in [1.82, 2.24) is 5.32 Å². The van der Waals surface area contributed by atoms with Crippen molar-refractivity contribution in [2.45, 2.75) is 19.8 Å². The highest BCUT2D eigenvalue weighted by Crippen LogP contribution is 2.22. The summed E-state index contributed by atoms with van der Waals surface area (Å²) in [4.78, 5) is 12.0. The Balaban J connectivity index is 1.76. The highest BCUT2D eigenvalue weighted by molar-refractivity contribution is 7.92. The third kappa shape index (κ3) is 7.42. The predicted octanol–water partition coefficient (Wildman–Crippen LogP) is 3.40. The molecule has 1 N–H and O–H groups in total. The Bertz CT molecular complexity index is 948. The van der Waals surface area contributed by atoms with Crippen LogP contribution in [0, 0.1) is 6.92 Å². The molecule has 0 aromatic heterocycles. The molecule has 0 aliphatic carbocycles. The molecule has 7 nitrogen and oxygen atoms in total. The quantitative estimate of drug-likeness (QED) is 0.526. The molecule has 0 heterocycles. The third-order valence-electron chi connectivity index (χ3n) is 4.36. The lowest BCUT2D eigenvalue weighted by molar-refractivity contribution is -0.121. The van der Waals surface area contributed by atoms with Crippen LogP contribution in [0.25, 0.3) is 0 Å². The molecule has 0 radical (unpaired) electrons. The first kappa shape index (κ1) is 23.8. The number of benzene rings is 2. The summed E-state index contributed by atoms with van der Waals surface area (Å²) in [6.07, 6.45) is 1.74.